The maximum Gasteiger partial charge on any atom is 0.0255 e. The van der Waals surface area contributed by atoms with Crippen LogP contribution in [0, 0.1) is 47.4 Å². The fourth-order valence-electron chi connectivity index (χ4n) is 1.37. The van der Waals surface area contributed by atoms with Crippen molar-refractivity contribution in [2.75, 3.05) is 0 Å². The van der Waals surface area contributed by atoms with Gasteiger partial charge in [0.25, 0.3) is 0 Å². The zero-order valence-electron chi connectivity index (χ0n) is 10.8. The van der Waals surface area contributed by atoms with Crippen LogP contribution >= 0.6 is 0 Å². The van der Waals surface area contributed by atoms with Gasteiger partial charge >= 0.3 is 0 Å². The minimum Gasteiger partial charge on any atom is -0.0622 e. The summed E-state index contributed by atoms with van der Waals surface area (Å²) < 4.78 is 0. The van der Waals surface area contributed by atoms with E-state index in [1.807, 2.05) is 60.7 Å². The fourth-order valence-corrected chi connectivity index (χ4v) is 1.37. The van der Waals surface area contributed by atoms with Crippen molar-refractivity contribution in [3.63, 3.8) is 0 Å². The molecule has 0 saturated heterocycles. The molecule has 0 spiro atoms. The topological polar surface area (TPSA) is 0 Å². The van der Waals surface area contributed by atoms with Crippen LogP contribution in [-0.4, -0.2) is 0 Å². The van der Waals surface area contributed by atoms with Gasteiger partial charge < -0.3 is 0 Å². The Morgan fingerprint density at radius 2 is 0.750 bits per heavy atom. The molecular formula is C20H10. The summed E-state index contributed by atoms with van der Waals surface area (Å²) in [7, 11) is 0. The molecule has 0 radical (unpaired) electrons. The smallest absolute Gasteiger partial charge is 0.0255 e. The summed E-state index contributed by atoms with van der Waals surface area (Å²) in [6.45, 7) is 0. The van der Waals surface area contributed by atoms with E-state index in [1.54, 1.807) is 0 Å². The minimum absolute atomic E-state index is 0.943. The van der Waals surface area contributed by atoms with Gasteiger partial charge in [-0.2, -0.15) is 0 Å². The van der Waals surface area contributed by atoms with Gasteiger partial charge in [0.1, 0.15) is 0 Å². The molecule has 20 heavy (non-hydrogen) atoms. The van der Waals surface area contributed by atoms with E-state index in [2.05, 4.69) is 47.4 Å². The molecule has 0 saturated carbocycles. The Morgan fingerprint density at radius 3 is 1.15 bits per heavy atom. The Kier molecular flexibility index (Phi) is 5.18. The van der Waals surface area contributed by atoms with Crippen LogP contribution in [0.25, 0.3) is 0 Å². The van der Waals surface area contributed by atoms with E-state index in [9.17, 15) is 0 Å². The van der Waals surface area contributed by atoms with Gasteiger partial charge in [0.05, 0.1) is 0 Å². The van der Waals surface area contributed by atoms with Gasteiger partial charge in [-0.3, -0.25) is 0 Å². The quantitative estimate of drug-likeness (QED) is 0.499. The van der Waals surface area contributed by atoms with Gasteiger partial charge in [-0.05, 0) is 59.8 Å². The number of hydrogen-bond donors (Lipinski definition) is 0. The Morgan fingerprint density at radius 1 is 0.400 bits per heavy atom. The predicted octanol–water partition coefficient (Wildman–Crippen LogP) is 3.10. The van der Waals surface area contributed by atoms with Crippen molar-refractivity contribution in [2.45, 2.75) is 0 Å². The standard InChI is InChI=1S/C20H10/c1(3-7-13-19-15-9-5-10-16-19)2-4-8-14-20-17-11-6-12-18-20/h5-6,9-12,15-18H/i7+1,8+1. The van der Waals surface area contributed by atoms with Gasteiger partial charge in [0.2, 0.25) is 0 Å². The van der Waals surface area contributed by atoms with Crippen LogP contribution < -0.4 is 0 Å². The molecule has 0 unspecified atom stereocenters. The van der Waals surface area contributed by atoms with E-state index < -0.39 is 0 Å². The summed E-state index contributed by atoms with van der Waals surface area (Å²) in [6.07, 6.45) is 0. The average molecular weight is 252 g/mol. The predicted molar refractivity (Wildman–Crippen MR) is 82.2 cm³/mol. The third-order valence-electron chi connectivity index (χ3n) is 2.27. The number of benzene rings is 2. The van der Waals surface area contributed by atoms with Crippen molar-refractivity contribution < 1.29 is 0 Å². The third-order valence-corrected chi connectivity index (χ3v) is 2.27. The lowest BCUT2D eigenvalue weighted by molar-refractivity contribution is 1.65. The Bertz CT molecular complexity index is 724. The van der Waals surface area contributed by atoms with Crippen LogP contribution in [-0.2, 0) is 0 Å². The van der Waals surface area contributed by atoms with Crippen LogP contribution in [0.3, 0.4) is 0 Å². The van der Waals surface area contributed by atoms with Gasteiger partial charge in [0, 0.05) is 11.1 Å². The summed E-state index contributed by atoms with van der Waals surface area (Å²) in [5.41, 5.74) is 1.89. The SMILES string of the molecule is C(C#C[13C]#Cc1ccccc1)#C[13C]#Cc1ccccc1. The monoisotopic (exact) mass is 252 g/mol. The van der Waals surface area contributed by atoms with Crippen LogP contribution in [0.4, 0.5) is 0 Å². The summed E-state index contributed by atoms with van der Waals surface area (Å²) in [6, 6.07) is 19.4. The lowest BCUT2D eigenvalue weighted by Gasteiger charge is -1.83. The maximum absolute atomic E-state index is 2.93. The molecule has 0 N–H and O–H groups in total. The molecule has 0 aliphatic rings. The van der Waals surface area contributed by atoms with Crippen LogP contribution in [0.2, 0.25) is 0 Å². The highest BCUT2D eigenvalue weighted by Crippen LogP contribution is 1.94. The van der Waals surface area contributed by atoms with Gasteiger partial charge in [-0.25, -0.2) is 0 Å². The van der Waals surface area contributed by atoms with E-state index in [0.29, 0.717) is 0 Å². The van der Waals surface area contributed by atoms with Crippen molar-refractivity contribution in [1.82, 2.24) is 0 Å². The first-order chi connectivity index (χ1) is 9.95. The van der Waals surface area contributed by atoms with Gasteiger partial charge in [-0.1, -0.05) is 48.2 Å². The molecule has 0 bridgehead atoms. The van der Waals surface area contributed by atoms with Crippen LogP contribution in [0.5, 0.6) is 0 Å². The highest BCUT2D eigenvalue weighted by molar-refractivity contribution is 5.45. The molecule has 0 heterocycles. The maximum atomic E-state index is 2.93. The van der Waals surface area contributed by atoms with Crippen LogP contribution in [0.15, 0.2) is 60.7 Å². The zero-order chi connectivity index (χ0) is 13.9. The van der Waals surface area contributed by atoms with E-state index in [-0.39, 0.29) is 0 Å². The Balaban J connectivity index is 1.92. The summed E-state index contributed by atoms with van der Waals surface area (Å²) in [5.74, 6) is 22.0. The second-order valence-corrected chi connectivity index (χ2v) is 3.73. The number of hydrogen-bond acceptors (Lipinski definition) is 0. The molecule has 0 aliphatic carbocycles. The second-order valence-electron chi connectivity index (χ2n) is 3.73. The molecule has 2 aromatic carbocycles. The molecule has 2 aromatic rings. The first kappa shape index (κ1) is 13.1. The zero-order valence-corrected chi connectivity index (χ0v) is 10.8. The molecule has 0 fully saturated rings. The number of rotatable bonds is 0. The van der Waals surface area contributed by atoms with E-state index >= 15 is 0 Å². The molecule has 0 atom stereocenters. The van der Waals surface area contributed by atoms with E-state index in [4.69, 9.17) is 0 Å². The average Bonchev–Trinajstić information content (AvgIpc) is 2.52. The summed E-state index contributed by atoms with van der Waals surface area (Å²) in [4.78, 5) is 0. The highest BCUT2D eigenvalue weighted by Gasteiger charge is 1.79. The summed E-state index contributed by atoms with van der Waals surface area (Å²) in [5, 5.41) is 0. The first-order valence-corrected chi connectivity index (χ1v) is 6.07. The Labute approximate surface area is 119 Å². The van der Waals surface area contributed by atoms with E-state index in [0.717, 1.165) is 11.1 Å². The molecule has 2 rings (SSSR count). The van der Waals surface area contributed by atoms with Crippen molar-refractivity contribution >= 4 is 0 Å². The third kappa shape index (κ3) is 4.90. The van der Waals surface area contributed by atoms with Crippen LogP contribution in [0.1, 0.15) is 11.1 Å². The normalized spacial score (nSPS) is 7.40. The molecule has 90 valence electrons. The van der Waals surface area contributed by atoms with Gasteiger partial charge in [-0.15, -0.1) is 0 Å². The van der Waals surface area contributed by atoms with Crippen molar-refractivity contribution in [1.29, 1.82) is 0 Å². The summed E-state index contributed by atoms with van der Waals surface area (Å²) >= 11 is 0. The minimum atomic E-state index is 0.943. The van der Waals surface area contributed by atoms with Gasteiger partial charge in [0.15, 0.2) is 0 Å². The van der Waals surface area contributed by atoms with Crippen molar-refractivity contribution in [2.24, 2.45) is 0 Å². The lowest BCUT2D eigenvalue weighted by Crippen LogP contribution is -1.69. The Hall–Kier alpha value is -3.32. The largest absolute Gasteiger partial charge is 0.0622 e. The molecule has 0 aliphatic heterocycles. The van der Waals surface area contributed by atoms with Crippen molar-refractivity contribution in [3.05, 3.63) is 71.8 Å². The molecule has 0 aromatic heterocycles. The second kappa shape index (κ2) is 7.90. The van der Waals surface area contributed by atoms with Crippen molar-refractivity contribution in [3.8, 4) is 47.4 Å². The molecule has 0 heteroatoms. The molecule has 0 amide bonds. The first-order valence-electron chi connectivity index (χ1n) is 6.07. The molecular weight excluding hydrogens is 242 g/mol. The fraction of sp³-hybridized carbons (Fsp3) is 0. The van der Waals surface area contributed by atoms with E-state index in [1.165, 1.54) is 0 Å². The lowest BCUT2D eigenvalue weighted by atomic mass is 10.2. The molecule has 0 nitrogen and oxygen atoms in total. The highest BCUT2D eigenvalue weighted by atomic mass is 14.0.